The Morgan fingerprint density at radius 3 is 2.82 bits per heavy atom. The molecule has 0 aromatic carbocycles. The summed E-state index contributed by atoms with van der Waals surface area (Å²) in [4.78, 5) is 6.80. The Morgan fingerprint density at radius 1 is 1.45 bits per heavy atom. The van der Waals surface area contributed by atoms with Gasteiger partial charge in [0.15, 0.2) is 0 Å². The van der Waals surface area contributed by atoms with Gasteiger partial charge in [-0.05, 0) is 0 Å². The number of nitrogens with one attached hydrogen (secondary N) is 1. The molecular weight excluding hydrogens is 144 g/mol. The van der Waals surface area contributed by atoms with E-state index >= 15 is 0 Å². The molecule has 0 aromatic rings. The highest BCUT2D eigenvalue weighted by Crippen LogP contribution is 1.94. The number of ether oxygens (including phenoxy) is 1. The van der Waals surface area contributed by atoms with Crippen LogP contribution in [-0.2, 0) is 9.57 Å². The van der Waals surface area contributed by atoms with Gasteiger partial charge < -0.3 is 4.74 Å². The Bertz CT molecular complexity index is 94.4. The third kappa shape index (κ3) is 3.67. The molecule has 1 heterocycles. The standard InChI is InChI=1S/C7H15N2O2/c1-10-8-2-3-9-4-6-11-7-5-9/h8H,1-7H2. The summed E-state index contributed by atoms with van der Waals surface area (Å²) in [6.45, 7) is 5.58. The summed E-state index contributed by atoms with van der Waals surface area (Å²) in [7, 11) is 3.21. The molecule has 11 heavy (non-hydrogen) atoms. The largest absolute Gasteiger partial charge is 0.379 e. The normalized spacial score (nSPS) is 20.5. The second-order valence-electron chi connectivity index (χ2n) is 2.49. The van der Waals surface area contributed by atoms with Crippen LogP contribution in [-0.4, -0.2) is 44.3 Å². The number of hydrogen-bond donors (Lipinski definition) is 1. The Kier molecular flexibility index (Phi) is 4.45. The molecule has 1 aliphatic rings. The van der Waals surface area contributed by atoms with Gasteiger partial charge in [0.1, 0.15) is 0 Å². The van der Waals surface area contributed by atoms with Crippen molar-refractivity contribution in [2.75, 3.05) is 39.4 Å². The summed E-state index contributed by atoms with van der Waals surface area (Å²) >= 11 is 0. The fourth-order valence-electron chi connectivity index (χ4n) is 1.10. The van der Waals surface area contributed by atoms with Crippen molar-refractivity contribution in [1.82, 2.24) is 10.4 Å². The minimum atomic E-state index is 0.823. The van der Waals surface area contributed by atoms with Crippen molar-refractivity contribution < 1.29 is 9.57 Å². The summed E-state index contributed by atoms with van der Waals surface area (Å²) in [5.74, 6) is 0. The Balaban J connectivity index is 1.96. The molecule has 0 atom stereocenters. The van der Waals surface area contributed by atoms with Crippen LogP contribution in [0, 0.1) is 7.11 Å². The predicted octanol–water partition coefficient (Wildman–Crippen LogP) is -0.369. The second kappa shape index (κ2) is 5.49. The summed E-state index contributed by atoms with van der Waals surface area (Å²) in [6, 6.07) is 0. The Morgan fingerprint density at radius 2 is 2.18 bits per heavy atom. The van der Waals surface area contributed by atoms with E-state index in [1.807, 2.05) is 0 Å². The molecule has 1 saturated heterocycles. The van der Waals surface area contributed by atoms with E-state index in [4.69, 9.17) is 4.74 Å². The van der Waals surface area contributed by atoms with E-state index in [0.29, 0.717) is 0 Å². The summed E-state index contributed by atoms with van der Waals surface area (Å²) in [5.41, 5.74) is 2.70. The molecule has 1 aliphatic heterocycles. The maximum atomic E-state index is 5.20. The average molecular weight is 159 g/mol. The summed E-state index contributed by atoms with van der Waals surface area (Å²) in [5, 5.41) is 0. The quantitative estimate of drug-likeness (QED) is 0.448. The summed E-state index contributed by atoms with van der Waals surface area (Å²) < 4.78 is 5.20. The number of morpholine rings is 1. The third-order valence-electron chi connectivity index (χ3n) is 1.74. The van der Waals surface area contributed by atoms with Gasteiger partial charge in [0.2, 0.25) is 0 Å². The van der Waals surface area contributed by atoms with Crippen molar-refractivity contribution in [3.05, 3.63) is 7.11 Å². The van der Waals surface area contributed by atoms with Crippen LogP contribution < -0.4 is 5.48 Å². The molecule has 4 heteroatoms. The molecule has 0 saturated carbocycles. The molecule has 1 radical (unpaired) electrons. The highest BCUT2D eigenvalue weighted by molar-refractivity contribution is 4.61. The zero-order valence-corrected chi connectivity index (χ0v) is 6.71. The lowest BCUT2D eigenvalue weighted by molar-refractivity contribution is 0.0307. The van der Waals surface area contributed by atoms with E-state index in [2.05, 4.69) is 22.3 Å². The first-order valence-corrected chi connectivity index (χ1v) is 3.87. The summed E-state index contributed by atoms with van der Waals surface area (Å²) in [6.07, 6.45) is 0. The molecule has 0 amide bonds. The predicted molar refractivity (Wildman–Crippen MR) is 41.7 cm³/mol. The van der Waals surface area contributed by atoms with Crippen LogP contribution in [0.2, 0.25) is 0 Å². The Hall–Kier alpha value is -0.160. The van der Waals surface area contributed by atoms with Gasteiger partial charge in [-0.25, -0.2) is 5.48 Å². The fourth-order valence-corrected chi connectivity index (χ4v) is 1.10. The van der Waals surface area contributed by atoms with E-state index in [0.717, 1.165) is 39.4 Å². The molecule has 4 nitrogen and oxygen atoms in total. The molecular formula is C7H15N2O2. The van der Waals surface area contributed by atoms with Crippen LogP contribution in [0.15, 0.2) is 0 Å². The monoisotopic (exact) mass is 159 g/mol. The van der Waals surface area contributed by atoms with Gasteiger partial charge in [-0.2, -0.15) is 0 Å². The van der Waals surface area contributed by atoms with Crippen molar-refractivity contribution in [2.24, 2.45) is 0 Å². The molecule has 0 aliphatic carbocycles. The number of hydroxylamine groups is 1. The molecule has 1 N–H and O–H groups in total. The van der Waals surface area contributed by atoms with Crippen LogP contribution in [0.1, 0.15) is 0 Å². The van der Waals surface area contributed by atoms with Crippen LogP contribution in [0.25, 0.3) is 0 Å². The first-order valence-electron chi connectivity index (χ1n) is 3.87. The van der Waals surface area contributed by atoms with Crippen LogP contribution in [0.3, 0.4) is 0 Å². The fraction of sp³-hybridized carbons (Fsp3) is 0.857. The third-order valence-corrected chi connectivity index (χ3v) is 1.74. The van der Waals surface area contributed by atoms with E-state index < -0.39 is 0 Å². The van der Waals surface area contributed by atoms with E-state index in [1.165, 1.54) is 0 Å². The van der Waals surface area contributed by atoms with Crippen molar-refractivity contribution in [2.45, 2.75) is 0 Å². The minimum Gasteiger partial charge on any atom is -0.379 e. The van der Waals surface area contributed by atoms with Gasteiger partial charge in [-0.3, -0.25) is 9.74 Å². The molecule has 0 unspecified atom stereocenters. The lowest BCUT2D eigenvalue weighted by Gasteiger charge is -2.26. The van der Waals surface area contributed by atoms with Gasteiger partial charge in [-0.1, -0.05) is 0 Å². The first-order chi connectivity index (χ1) is 5.43. The molecule has 65 valence electrons. The maximum absolute atomic E-state index is 5.20. The van der Waals surface area contributed by atoms with E-state index in [-0.39, 0.29) is 0 Å². The van der Waals surface area contributed by atoms with Gasteiger partial charge >= 0.3 is 0 Å². The van der Waals surface area contributed by atoms with Crippen LogP contribution in [0.4, 0.5) is 0 Å². The van der Waals surface area contributed by atoms with Gasteiger partial charge in [-0.15, -0.1) is 0 Å². The number of rotatable bonds is 4. The van der Waals surface area contributed by atoms with Gasteiger partial charge in [0.05, 0.1) is 20.3 Å². The van der Waals surface area contributed by atoms with E-state index in [1.54, 1.807) is 0 Å². The highest BCUT2D eigenvalue weighted by Gasteiger charge is 2.08. The zero-order chi connectivity index (χ0) is 7.94. The molecule has 0 spiro atoms. The van der Waals surface area contributed by atoms with Gasteiger partial charge in [0.25, 0.3) is 0 Å². The molecule has 0 aromatic heterocycles. The Labute approximate surface area is 67.4 Å². The molecule has 1 rings (SSSR count). The first kappa shape index (κ1) is 8.93. The smallest absolute Gasteiger partial charge is 0.0936 e. The minimum absolute atomic E-state index is 0.823. The second-order valence-corrected chi connectivity index (χ2v) is 2.49. The number of nitrogens with zero attached hydrogens (tertiary/aromatic N) is 1. The lowest BCUT2D eigenvalue weighted by Crippen LogP contribution is -2.40. The van der Waals surface area contributed by atoms with Crippen LogP contribution in [0.5, 0.6) is 0 Å². The van der Waals surface area contributed by atoms with E-state index in [9.17, 15) is 0 Å². The number of hydrogen-bond acceptors (Lipinski definition) is 4. The molecule has 0 bridgehead atoms. The van der Waals surface area contributed by atoms with Crippen LogP contribution >= 0.6 is 0 Å². The zero-order valence-electron chi connectivity index (χ0n) is 6.71. The average Bonchev–Trinajstić information content (AvgIpc) is 2.07. The topological polar surface area (TPSA) is 33.7 Å². The van der Waals surface area contributed by atoms with Gasteiger partial charge in [0, 0.05) is 26.2 Å². The van der Waals surface area contributed by atoms with Crippen molar-refractivity contribution in [3.63, 3.8) is 0 Å². The molecule has 1 fully saturated rings. The maximum Gasteiger partial charge on any atom is 0.0936 e. The lowest BCUT2D eigenvalue weighted by atomic mass is 10.4. The van der Waals surface area contributed by atoms with Crippen molar-refractivity contribution >= 4 is 0 Å². The van der Waals surface area contributed by atoms with Crippen molar-refractivity contribution in [3.8, 4) is 0 Å². The highest BCUT2D eigenvalue weighted by atomic mass is 16.6. The SMILES string of the molecule is [CH2]ONCCN1CCOCC1. The van der Waals surface area contributed by atoms with Crippen molar-refractivity contribution in [1.29, 1.82) is 0 Å².